The quantitative estimate of drug-likeness (QED) is 0.348. The van der Waals surface area contributed by atoms with Crippen molar-refractivity contribution >= 4 is 11.8 Å². The van der Waals surface area contributed by atoms with Gasteiger partial charge in [-0.25, -0.2) is 4.98 Å². The fourth-order valence-electron chi connectivity index (χ4n) is 4.36. The molecule has 2 aromatic carbocycles. The van der Waals surface area contributed by atoms with Gasteiger partial charge in [-0.15, -0.1) is 0 Å². The van der Waals surface area contributed by atoms with Gasteiger partial charge in [0.25, 0.3) is 5.91 Å². The highest BCUT2D eigenvalue weighted by molar-refractivity contribution is 5.96. The number of nitrogens with one attached hydrogen (secondary N) is 1. The van der Waals surface area contributed by atoms with Gasteiger partial charge in [0.05, 0.1) is 41.7 Å². The molecule has 220 valence electrons. The third-order valence-corrected chi connectivity index (χ3v) is 6.19. The number of rotatable bonds is 12. The number of methoxy groups -OCH3 is 5. The predicted molar refractivity (Wildman–Crippen MR) is 153 cm³/mol. The van der Waals surface area contributed by atoms with Gasteiger partial charge < -0.3 is 33.9 Å². The molecule has 1 heterocycles. The van der Waals surface area contributed by atoms with Crippen molar-refractivity contribution in [3.8, 4) is 28.7 Å². The SMILES string of the molecule is COc1ccc(CCN(C(=O)c2cnccn2)[C@@H](C(=O)NC(C)(C)C)c2cc(OC)c(OC)c(OC)c2)cc1OC. The van der Waals surface area contributed by atoms with Gasteiger partial charge in [0.2, 0.25) is 11.7 Å². The summed E-state index contributed by atoms with van der Waals surface area (Å²) in [5.74, 6) is 1.35. The Balaban J connectivity index is 2.17. The molecule has 0 fully saturated rings. The number of aromatic nitrogens is 2. The number of benzene rings is 2. The Kier molecular flexibility index (Phi) is 10.3. The van der Waals surface area contributed by atoms with E-state index in [9.17, 15) is 9.59 Å². The van der Waals surface area contributed by atoms with Crippen molar-refractivity contribution in [3.05, 3.63) is 65.7 Å². The molecule has 3 rings (SSSR count). The first-order chi connectivity index (χ1) is 19.6. The summed E-state index contributed by atoms with van der Waals surface area (Å²) in [6, 6.07) is 7.77. The van der Waals surface area contributed by atoms with Crippen molar-refractivity contribution in [3.63, 3.8) is 0 Å². The number of ether oxygens (including phenoxy) is 5. The van der Waals surface area contributed by atoms with E-state index in [1.165, 1.54) is 44.8 Å². The third-order valence-electron chi connectivity index (χ3n) is 6.19. The molecule has 41 heavy (non-hydrogen) atoms. The Labute approximate surface area is 240 Å². The van der Waals surface area contributed by atoms with Crippen LogP contribution in [0.1, 0.15) is 48.4 Å². The zero-order valence-corrected chi connectivity index (χ0v) is 24.8. The number of nitrogens with zero attached hydrogens (tertiary/aromatic N) is 3. The van der Waals surface area contributed by atoms with E-state index in [1.807, 2.05) is 32.9 Å². The molecular formula is C30H38N4O7. The van der Waals surface area contributed by atoms with E-state index in [4.69, 9.17) is 23.7 Å². The van der Waals surface area contributed by atoms with Crippen LogP contribution in [0.2, 0.25) is 0 Å². The summed E-state index contributed by atoms with van der Waals surface area (Å²) in [5.41, 5.74) is 0.853. The van der Waals surface area contributed by atoms with Crippen LogP contribution in [0.15, 0.2) is 48.9 Å². The summed E-state index contributed by atoms with van der Waals surface area (Å²) < 4.78 is 27.4. The summed E-state index contributed by atoms with van der Waals surface area (Å²) in [6.45, 7) is 5.77. The van der Waals surface area contributed by atoms with Crippen molar-refractivity contribution in [2.24, 2.45) is 0 Å². The summed E-state index contributed by atoms with van der Waals surface area (Å²) in [4.78, 5) is 37.8. The highest BCUT2D eigenvalue weighted by atomic mass is 16.5. The molecule has 1 N–H and O–H groups in total. The first-order valence-electron chi connectivity index (χ1n) is 13.0. The highest BCUT2D eigenvalue weighted by Crippen LogP contribution is 2.41. The molecule has 0 aliphatic rings. The predicted octanol–water partition coefficient (Wildman–Crippen LogP) is 3.86. The van der Waals surface area contributed by atoms with Crippen molar-refractivity contribution in [2.45, 2.75) is 38.8 Å². The Morgan fingerprint density at radius 3 is 2.00 bits per heavy atom. The topological polar surface area (TPSA) is 121 Å². The minimum absolute atomic E-state index is 0.0980. The number of amides is 2. The average Bonchev–Trinajstić information content (AvgIpc) is 2.97. The van der Waals surface area contributed by atoms with Gasteiger partial charge >= 0.3 is 0 Å². The van der Waals surface area contributed by atoms with Gasteiger partial charge in [-0.1, -0.05) is 6.07 Å². The summed E-state index contributed by atoms with van der Waals surface area (Å²) in [5, 5.41) is 3.02. The van der Waals surface area contributed by atoms with Crippen LogP contribution >= 0.6 is 0 Å². The molecule has 0 saturated carbocycles. The third kappa shape index (κ3) is 7.56. The molecule has 0 unspecified atom stereocenters. The summed E-state index contributed by atoms with van der Waals surface area (Å²) in [7, 11) is 7.60. The van der Waals surface area contributed by atoms with Crippen molar-refractivity contribution in [1.29, 1.82) is 0 Å². The lowest BCUT2D eigenvalue weighted by atomic mass is 9.99. The maximum Gasteiger partial charge on any atom is 0.275 e. The normalized spacial score (nSPS) is 11.7. The Morgan fingerprint density at radius 2 is 1.49 bits per heavy atom. The fourth-order valence-corrected chi connectivity index (χ4v) is 4.36. The van der Waals surface area contributed by atoms with E-state index >= 15 is 0 Å². The van der Waals surface area contributed by atoms with Gasteiger partial charge in [-0.05, 0) is 62.6 Å². The molecule has 1 aromatic heterocycles. The molecule has 1 atom stereocenters. The maximum absolute atomic E-state index is 14.0. The lowest BCUT2D eigenvalue weighted by molar-refractivity contribution is -0.127. The molecular weight excluding hydrogens is 528 g/mol. The second-order valence-electron chi connectivity index (χ2n) is 10.1. The molecule has 0 aliphatic carbocycles. The molecule has 0 aliphatic heterocycles. The van der Waals surface area contributed by atoms with Crippen LogP contribution in [0.25, 0.3) is 0 Å². The fraction of sp³-hybridized carbons (Fsp3) is 0.400. The van der Waals surface area contributed by atoms with Crippen LogP contribution in [0.3, 0.4) is 0 Å². The first kappa shape index (κ1) is 31.0. The summed E-state index contributed by atoms with van der Waals surface area (Å²) in [6.07, 6.45) is 4.69. The van der Waals surface area contributed by atoms with Crippen LogP contribution in [0.5, 0.6) is 28.7 Å². The molecule has 0 saturated heterocycles. The molecule has 0 radical (unpaired) electrons. The van der Waals surface area contributed by atoms with Gasteiger partial charge in [0, 0.05) is 24.5 Å². The van der Waals surface area contributed by atoms with Crippen molar-refractivity contribution in [1.82, 2.24) is 20.2 Å². The number of carbonyl (C=O) groups is 2. The van der Waals surface area contributed by atoms with E-state index in [1.54, 1.807) is 32.4 Å². The van der Waals surface area contributed by atoms with Gasteiger partial charge in [-0.3, -0.25) is 14.6 Å². The molecule has 0 spiro atoms. The van der Waals surface area contributed by atoms with Gasteiger partial charge in [-0.2, -0.15) is 0 Å². The summed E-state index contributed by atoms with van der Waals surface area (Å²) >= 11 is 0. The Morgan fingerprint density at radius 1 is 0.854 bits per heavy atom. The molecule has 11 nitrogen and oxygen atoms in total. The van der Waals surface area contributed by atoms with E-state index in [0.717, 1.165) is 5.56 Å². The van der Waals surface area contributed by atoms with Crippen LogP contribution in [0, 0.1) is 0 Å². The van der Waals surface area contributed by atoms with Gasteiger partial charge in [0.15, 0.2) is 23.0 Å². The Bertz CT molecular complexity index is 1320. The zero-order valence-electron chi connectivity index (χ0n) is 24.8. The standard InChI is InChI=1S/C30H38N4O7/c1-30(2,3)33-28(35)26(20-16-24(39-6)27(41-8)25(17-20)40-7)34(29(36)21-18-31-12-13-32-21)14-11-19-9-10-22(37-4)23(15-19)38-5/h9-10,12-13,15-18,26H,11,14H2,1-8H3,(H,33,35)/t26-/m1/s1. The molecule has 11 heteroatoms. The Hall–Kier alpha value is -4.54. The molecule has 0 bridgehead atoms. The van der Waals surface area contributed by atoms with Crippen LogP contribution in [-0.2, 0) is 11.2 Å². The van der Waals surface area contributed by atoms with Crippen LogP contribution < -0.4 is 29.0 Å². The second-order valence-corrected chi connectivity index (χ2v) is 10.1. The van der Waals surface area contributed by atoms with Gasteiger partial charge in [0.1, 0.15) is 11.7 Å². The first-order valence-corrected chi connectivity index (χ1v) is 13.0. The maximum atomic E-state index is 14.0. The zero-order chi connectivity index (χ0) is 30.2. The van der Waals surface area contributed by atoms with Crippen LogP contribution in [-0.4, -0.2) is 74.3 Å². The largest absolute Gasteiger partial charge is 0.493 e. The minimum atomic E-state index is -1.09. The lowest BCUT2D eigenvalue weighted by Crippen LogP contribution is -2.50. The molecule has 2 amide bonds. The molecule has 3 aromatic rings. The van der Waals surface area contributed by atoms with E-state index in [0.29, 0.717) is 40.7 Å². The van der Waals surface area contributed by atoms with Crippen LogP contribution in [0.4, 0.5) is 0 Å². The minimum Gasteiger partial charge on any atom is -0.493 e. The van der Waals surface area contributed by atoms with Crippen molar-refractivity contribution in [2.75, 3.05) is 42.1 Å². The van der Waals surface area contributed by atoms with E-state index < -0.39 is 23.4 Å². The number of hydrogen-bond acceptors (Lipinski definition) is 9. The lowest BCUT2D eigenvalue weighted by Gasteiger charge is -2.34. The highest BCUT2D eigenvalue weighted by Gasteiger charge is 2.35. The number of hydrogen-bond donors (Lipinski definition) is 1. The number of carbonyl (C=O) groups excluding carboxylic acids is 2. The average molecular weight is 567 g/mol. The van der Waals surface area contributed by atoms with E-state index in [2.05, 4.69) is 15.3 Å². The monoisotopic (exact) mass is 566 g/mol. The van der Waals surface area contributed by atoms with E-state index in [-0.39, 0.29) is 12.2 Å². The van der Waals surface area contributed by atoms with Crippen molar-refractivity contribution < 1.29 is 33.3 Å². The smallest absolute Gasteiger partial charge is 0.275 e. The second kappa shape index (κ2) is 13.7.